The minimum atomic E-state index is 0.414. The van der Waals surface area contributed by atoms with Gasteiger partial charge in [0.2, 0.25) is 0 Å². The standard InChI is InChI=1S/C13H18ClNO/c1-3-15-13(9-4-5-9)11-7-6-10(14)8-12(11)16-2/h6-9,13,15H,3-5H2,1-2H3. The minimum absolute atomic E-state index is 0.414. The summed E-state index contributed by atoms with van der Waals surface area (Å²) in [4.78, 5) is 0. The van der Waals surface area contributed by atoms with E-state index in [1.807, 2.05) is 12.1 Å². The summed E-state index contributed by atoms with van der Waals surface area (Å²) in [7, 11) is 1.70. The molecular weight excluding hydrogens is 222 g/mol. The van der Waals surface area contributed by atoms with Crippen LogP contribution in [-0.4, -0.2) is 13.7 Å². The Kier molecular flexibility index (Phi) is 3.72. The van der Waals surface area contributed by atoms with Crippen LogP contribution in [0.5, 0.6) is 5.75 Å². The lowest BCUT2D eigenvalue weighted by molar-refractivity contribution is 0.393. The first-order chi connectivity index (χ1) is 7.76. The fourth-order valence-corrected chi connectivity index (χ4v) is 2.28. The SMILES string of the molecule is CCNC(c1ccc(Cl)cc1OC)C1CC1. The fourth-order valence-electron chi connectivity index (χ4n) is 2.12. The Morgan fingerprint density at radius 3 is 2.81 bits per heavy atom. The summed E-state index contributed by atoms with van der Waals surface area (Å²) >= 11 is 5.97. The minimum Gasteiger partial charge on any atom is -0.496 e. The van der Waals surface area contributed by atoms with Crippen molar-refractivity contribution >= 4 is 11.6 Å². The maximum atomic E-state index is 5.97. The molecule has 16 heavy (non-hydrogen) atoms. The van der Waals surface area contributed by atoms with Gasteiger partial charge in [0, 0.05) is 16.6 Å². The van der Waals surface area contributed by atoms with Gasteiger partial charge in [-0.1, -0.05) is 24.6 Å². The molecule has 1 N–H and O–H groups in total. The average molecular weight is 240 g/mol. The Hall–Kier alpha value is -0.730. The normalized spacial score (nSPS) is 17.2. The zero-order valence-electron chi connectivity index (χ0n) is 9.79. The summed E-state index contributed by atoms with van der Waals surface area (Å²) in [6, 6.07) is 6.32. The molecule has 3 heteroatoms. The lowest BCUT2D eigenvalue weighted by atomic mass is 10.0. The molecule has 1 unspecified atom stereocenters. The van der Waals surface area contributed by atoms with Gasteiger partial charge in [-0.3, -0.25) is 0 Å². The number of ether oxygens (including phenoxy) is 1. The number of methoxy groups -OCH3 is 1. The summed E-state index contributed by atoms with van der Waals surface area (Å²) in [6.07, 6.45) is 2.62. The highest BCUT2D eigenvalue weighted by atomic mass is 35.5. The smallest absolute Gasteiger partial charge is 0.125 e. The van der Waals surface area contributed by atoms with Crippen LogP contribution in [0.1, 0.15) is 31.4 Å². The molecule has 0 spiro atoms. The summed E-state index contributed by atoms with van der Waals surface area (Å²) in [5, 5.41) is 4.26. The topological polar surface area (TPSA) is 21.3 Å². The second-order valence-corrected chi connectivity index (χ2v) is 4.70. The molecular formula is C13H18ClNO. The monoisotopic (exact) mass is 239 g/mol. The average Bonchev–Trinajstić information content (AvgIpc) is 3.10. The van der Waals surface area contributed by atoms with E-state index < -0.39 is 0 Å². The van der Waals surface area contributed by atoms with Gasteiger partial charge in [-0.05, 0) is 37.4 Å². The van der Waals surface area contributed by atoms with E-state index >= 15 is 0 Å². The van der Waals surface area contributed by atoms with Crippen molar-refractivity contribution in [2.75, 3.05) is 13.7 Å². The Morgan fingerprint density at radius 1 is 1.50 bits per heavy atom. The Morgan fingerprint density at radius 2 is 2.25 bits per heavy atom. The van der Waals surface area contributed by atoms with Crippen molar-refractivity contribution < 1.29 is 4.74 Å². The van der Waals surface area contributed by atoms with Gasteiger partial charge in [0.1, 0.15) is 5.75 Å². The summed E-state index contributed by atoms with van der Waals surface area (Å²) in [5.41, 5.74) is 1.23. The van der Waals surface area contributed by atoms with Crippen LogP contribution in [0.4, 0.5) is 0 Å². The second-order valence-electron chi connectivity index (χ2n) is 4.26. The van der Waals surface area contributed by atoms with Crippen LogP contribution in [0, 0.1) is 5.92 Å². The van der Waals surface area contributed by atoms with Gasteiger partial charge in [-0.25, -0.2) is 0 Å². The van der Waals surface area contributed by atoms with E-state index in [-0.39, 0.29) is 0 Å². The number of halogens is 1. The lowest BCUT2D eigenvalue weighted by Crippen LogP contribution is -2.23. The van der Waals surface area contributed by atoms with Gasteiger partial charge < -0.3 is 10.1 Å². The van der Waals surface area contributed by atoms with Crippen LogP contribution >= 0.6 is 11.6 Å². The first-order valence-corrected chi connectivity index (χ1v) is 6.21. The van der Waals surface area contributed by atoms with Gasteiger partial charge in [0.15, 0.2) is 0 Å². The molecule has 1 aromatic carbocycles. The third-order valence-electron chi connectivity index (χ3n) is 3.05. The third kappa shape index (κ3) is 2.50. The molecule has 0 aliphatic heterocycles. The zero-order chi connectivity index (χ0) is 11.5. The van der Waals surface area contributed by atoms with Crippen molar-refractivity contribution in [1.82, 2.24) is 5.32 Å². The summed E-state index contributed by atoms with van der Waals surface area (Å²) in [6.45, 7) is 3.12. The van der Waals surface area contributed by atoms with E-state index in [1.165, 1.54) is 18.4 Å². The largest absolute Gasteiger partial charge is 0.496 e. The van der Waals surface area contributed by atoms with E-state index in [4.69, 9.17) is 16.3 Å². The highest BCUT2D eigenvalue weighted by Crippen LogP contribution is 2.43. The molecule has 0 heterocycles. The van der Waals surface area contributed by atoms with E-state index in [2.05, 4.69) is 18.3 Å². The highest BCUT2D eigenvalue weighted by molar-refractivity contribution is 6.30. The molecule has 88 valence electrons. The maximum Gasteiger partial charge on any atom is 0.125 e. The van der Waals surface area contributed by atoms with Gasteiger partial charge in [0.05, 0.1) is 7.11 Å². The summed E-state index contributed by atoms with van der Waals surface area (Å²) in [5.74, 6) is 1.65. The highest BCUT2D eigenvalue weighted by Gasteiger charge is 2.33. The van der Waals surface area contributed by atoms with Crippen LogP contribution in [0.3, 0.4) is 0 Å². The number of nitrogens with one attached hydrogen (secondary N) is 1. The van der Waals surface area contributed by atoms with E-state index in [9.17, 15) is 0 Å². The van der Waals surface area contributed by atoms with Crippen molar-refractivity contribution in [2.45, 2.75) is 25.8 Å². The molecule has 0 aromatic heterocycles. The molecule has 0 saturated heterocycles. The molecule has 1 atom stereocenters. The quantitative estimate of drug-likeness (QED) is 0.850. The van der Waals surface area contributed by atoms with Crippen molar-refractivity contribution in [1.29, 1.82) is 0 Å². The maximum absolute atomic E-state index is 5.97. The Balaban J connectivity index is 2.28. The lowest BCUT2D eigenvalue weighted by Gasteiger charge is -2.20. The molecule has 1 aliphatic rings. The van der Waals surface area contributed by atoms with Gasteiger partial charge in [-0.2, -0.15) is 0 Å². The van der Waals surface area contributed by atoms with E-state index in [1.54, 1.807) is 7.11 Å². The molecule has 2 nitrogen and oxygen atoms in total. The van der Waals surface area contributed by atoms with Crippen LogP contribution in [0.2, 0.25) is 5.02 Å². The molecule has 1 aromatic rings. The molecule has 1 saturated carbocycles. The van der Waals surface area contributed by atoms with Crippen molar-refractivity contribution in [3.63, 3.8) is 0 Å². The Bertz CT molecular complexity index is 363. The molecule has 0 bridgehead atoms. The zero-order valence-corrected chi connectivity index (χ0v) is 10.6. The number of hydrogen-bond donors (Lipinski definition) is 1. The van der Waals surface area contributed by atoms with E-state index in [0.717, 1.165) is 23.2 Å². The predicted octanol–water partition coefficient (Wildman–Crippen LogP) is 3.41. The van der Waals surface area contributed by atoms with Crippen LogP contribution < -0.4 is 10.1 Å². The molecule has 0 radical (unpaired) electrons. The number of rotatable bonds is 5. The van der Waals surface area contributed by atoms with E-state index in [0.29, 0.717) is 6.04 Å². The van der Waals surface area contributed by atoms with Crippen molar-refractivity contribution in [3.8, 4) is 5.75 Å². The van der Waals surface area contributed by atoms with Crippen LogP contribution in [0.15, 0.2) is 18.2 Å². The number of hydrogen-bond acceptors (Lipinski definition) is 2. The predicted molar refractivity (Wildman–Crippen MR) is 67.1 cm³/mol. The fraction of sp³-hybridized carbons (Fsp3) is 0.538. The molecule has 0 amide bonds. The first kappa shape index (κ1) is 11.7. The van der Waals surface area contributed by atoms with Crippen LogP contribution in [0.25, 0.3) is 0 Å². The van der Waals surface area contributed by atoms with Gasteiger partial charge >= 0.3 is 0 Å². The van der Waals surface area contributed by atoms with Crippen molar-refractivity contribution in [2.24, 2.45) is 5.92 Å². The Labute approximate surface area is 102 Å². The van der Waals surface area contributed by atoms with Crippen LogP contribution in [-0.2, 0) is 0 Å². The van der Waals surface area contributed by atoms with Crippen molar-refractivity contribution in [3.05, 3.63) is 28.8 Å². The molecule has 1 fully saturated rings. The first-order valence-electron chi connectivity index (χ1n) is 5.83. The molecule has 2 rings (SSSR count). The second kappa shape index (κ2) is 5.07. The summed E-state index contributed by atoms with van der Waals surface area (Å²) < 4.78 is 5.41. The number of benzene rings is 1. The molecule has 1 aliphatic carbocycles. The third-order valence-corrected chi connectivity index (χ3v) is 3.28. The van der Waals surface area contributed by atoms with Gasteiger partial charge in [0.25, 0.3) is 0 Å². The van der Waals surface area contributed by atoms with Gasteiger partial charge in [-0.15, -0.1) is 0 Å².